The molecular weight excluding hydrogens is 440 g/mol. The normalized spacial score (nSPS) is 39.2. The van der Waals surface area contributed by atoms with E-state index in [2.05, 4.69) is 5.32 Å². The maximum atomic E-state index is 11.5. The molecule has 2 saturated heterocycles. The van der Waals surface area contributed by atoms with Crippen LogP contribution < -0.4 is 11.1 Å². The molecule has 0 spiro atoms. The molecule has 0 radical (unpaired) electrons. The van der Waals surface area contributed by atoms with Crippen LogP contribution in [0.4, 0.5) is 0 Å². The number of nitrogens with two attached hydrogens (primary N) is 1. The van der Waals surface area contributed by atoms with Crippen LogP contribution in [0, 0.1) is 0 Å². The van der Waals surface area contributed by atoms with E-state index in [9.17, 15) is 30.3 Å². The molecule has 3 rings (SSSR count). The summed E-state index contributed by atoms with van der Waals surface area (Å²) in [7, 11) is 0. The molecule has 0 unspecified atom stereocenters. The van der Waals surface area contributed by atoms with Gasteiger partial charge in [-0.2, -0.15) is 0 Å². The summed E-state index contributed by atoms with van der Waals surface area (Å²) >= 11 is 0. The molecule has 10 atom stereocenters. The Labute approximate surface area is 190 Å². The number of carbonyl (C=O) groups excluding carboxylic acids is 1. The molecule has 2 heterocycles. The zero-order valence-electron chi connectivity index (χ0n) is 18.1. The Morgan fingerprint density at radius 2 is 1.76 bits per heavy atom. The fraction of sp³-hybridized carbons (Fsp3) is 0.667. The van der Waals surface area contributed by atoms with Gasteiger partial charge in [-0.25, -0.2) is 0 Å². The van der Waals surface area contributed by atoms with Crippen molar-refractivity contribution >= 4 is 5.91 Å². The quantitative estimate of drug-likeness (QED) is 0.203. The fourth-order valence-corrected chi connectivity index (χ4v) is 3.88. The average Bonchev–Trinajstić information content (AvgIpc) is 2.79. The van der Waals surface area contributed by atoms with E-state index in [1.54, 1.807) is 0 Å². The van der Waals surface area contributed by atoms with E-state index in [-0.39, 0.29) is 13.2 Å². The van der Waals surface area contributed by atoms with Crippen molar-refractivity contribution in [1.82, 2.24) is 5.32 Å². The Kier molecular flexibility index (Phi) is 9.12. The van der Waals surface area contributed by atoms with Gasteiger partial charge in [-0.3, -0.25) is 4.79 Å². The van der Waals surface area contributed by atoms with Gasteiger partial charge in [0.05, 0.1) is 25.9 Å². The molecule has 33 heavy (non-hydrogen) atoms. The van der Waals surface area contributed by atoms with Crippen molar-refractivity contribution in [2.24, 2.45) is 5.73 Å². The van der Waals surface area contributed by atoms with Gasteiger partial charge in [0, 0.05) is 6.92 Å². The Bertz CT molecular complexity index is 754. The van der Waals surface area contributed by atoms with Gasteiger partial charge in [-0.1, -0.05) is 30.3 Å². The Morgan fingerprint density at radius 3 is 2.39 bits per heavy atom. The highest BCUT2D eigenvalue weighted by molar-refractivity contribution is 5.73. The molecule has 1 amide bonds. The first-order valence-electron chi connectivity index (χ1n) is 10.7. The van der Waals surface area contributed by atoms with E-state index in [0.717, 1.165) is 5.56 Å². The van der Waals surface area contributed by atoms with Crippen molar-refractivity contribution in [3.05, 3.63) is 35.9 Å². The van der Waals surface area contributed by atoms with E-state index in [4.69, 9.17) is 24.7 Å². The zero-order chi connectivity index (χ0) is 24.1. The summed E-state index contributed by atoms with van der Waals surface area (Å²) in [4.78, 5) is 11.5. The number of aliphatic hydroxyl groups excluding tert-OH is 5. The number of aliphatic hydroxyl groups is 5. The lowest BCUT2D eigenvalue weighted by Crippen LogP contribution is -2.68. The van der Waals surface area contributed by atoms with Gasteiger partial charge >= 0.3 is 0 Å². The molecule has 2 aliphatic heterocycles. The number of amides is 1. The minimum absolute atomic E-state index is 0.100. The number of ether oxygens (including phenoxy) is 4. The lowest BCUT2D eigenvalue weighted by atomic mass is 9.95. The van der Waals surface area contributed by atoms with Crippen molar-refractivity contribution in [2.45, 2.75) is 74.8 Å². The molecule has 1 aromatic carbocycles. The lowest BCUT2D eigenvalue weighted by molar-refractivity contribution is -0.327. The second-order valence-corrected chi connectivity index (χ2v) is 8.17. The van der Waals surface area contributed by atoms with Crippen molar-refractivity contribution in [1.29, 1.82) is 0 Å². The van der Waals surface area contributed by atoms with Gasteiger partial charge < -0.3 is 55.5 Å². The summed E-state index contributed by atoms with van der Waals surface area (Å²) < 4.78 is 22.6. The van der Waals surface area contributed by atoms with Crippen LogP contribution in [0.2, 0.25) is 0 Å². The molecule has 8 N–H and O–H groups in total. The van der Waals surface area contributed by atoms with Crippen LogP contribution in [0.25, 0.3) is 0 Å². The number of nitrogens with one attached hydrogen (secondary N) is 1. The number of hydrogen-bond acceptors (Lipinski definition) is 11. The topological polar surface area (TPSA) is 193 Å². The Balaban J connectivity index is 1.74. The van der Waals surface area contributed by atoms with Gasteiger partial charge in [0.1, 0.15) is 42.7 Å². The Morgan fingerprint density at radius 1 is 1.06 bits per heavy atom. The van der Waals surface area contributed by atoms with Gasteiger partial charge in [0.25, 0.3) is 0 Å². The van der Waals surface area contributed by atoms with Crippen LogP contribution in [0.1, 0.15) is 12.5 Å². The smallest absolute Gasteiger partial charge is 0.217 e. The fourth-order valence-electron chi connectivity index (χ4n) is 3.88. The molecule has 1 aromatic rings. The summed E-state index contributed by atoms with van der Waals surface area (Å²) in [5.41, 5.74) is 6.83. The van der Waals surface area contributed by atoms with Gasteiger partial charge in [0.15, 0.2) is 12.6 Å². The highest BCUT2D eigenvalue weighted by atomic mass is 16.7. The molecule has 0 aliphatic carbocycles. The minimum atomic E-state index is -1.55. The zero-order valence-corrected chi connectivity index (χ0v) is 18.1. The molecule has 2 aliphatic rings. The minimum Gasteiger partial charge on any atom is -0.394 e. The molecule has 0 saturated carbocycles. The number of benzene rings is 1. The molecule has 12 heteroatoms. The molecule has 2 fully saturated rings. The van der Waals surface area contributed by atoms with Crippen LogP contribution in [-0.2, 0) is 30.3 Å². The number of hydrogen-bond donors (Lipinski definition) is 7. The predicted molar refractivity (Wildman–Crippen MR) is 111 cm³/mol. The third-order valence-electron chi connectivity index (χ3n) is 5.68. The first kappa shape index (κ1) is 25.9. The molecule has 0 bridgehead atoms. The van der Waals surface area contributed by atoms with Crippen LogP contribution >= 0.6 is 0 Å². The van der Waals surface area contributed by atoms with Crippen LogP contribution in [-0.4, -0.2) is 106 Å². The second kappa shape index (κ2) is 11.6. The third kappa shape index (κ3) is 6.25. The van der Waals surface area contributed by atoms with Gasteiger partial charge in [-0.15, -0.1) is 0 Å². The molecule has 12 nitrogen and oxygen atoms in total. The number of rotatable bonds is 8. The maximum absolute atomic E-state index is 11.5. The van der Waals surface area contributed by atoms with E-state index < -0.39 is 73.8 Å². The average molecular weight is 472 g/mol. The van der Waals surface area contributed by atoms with Crippen molar-refractivity contribution in [3.8, 4) is 0 Å². The predicted octanol–water partition coefficient (Wildman–Crippen LogP) is -3.06. The lowest BCUT2D eigenvalue weighted by Gasteiger charge is -2.46. The summed E-state index contributed by atoms with van der Waals surface area (Å²) in [6.45, 7) is 0.738. The molecular formula is C21H32N2O10. The monoisotopic (exact) mass is 472 g/mol. The summed E-state index contributed by atoms with van der Waals surface area (Å²) in [6, 6.07) is 6.86. The Hall–Kier alpha value is -1.71. The second-order valence-electron chi connectivity index (χ2n) is 8.17. The molecule has 0 aromatic heterocycles. The van der Waals surface area contributed by atoms with Crippen molar-refractivity contribution < 1.29 is 49.3 Å². The van der Waals surface area contributed by atoms with E-state index in [1.165, 1.54) is 6.92 Å². The third-order valence-corrected chi connectivity index (χ3v) is 5.68. The largest absolute Gasteiger partial charge is 0.394 e. The standard InChI is InChI=1S/C21H32N2O10/c1-10(25)23-15-18(28)19(33-21-14(22)17(27)16(26)12(7-24)32-21)13(31-20(15)29)9-30-8-11-5-3-2-4-6-11/h2-6,12-21,24,26-29H,7-9,22H2,1H3,(H,23,25)/t12-,13-,14-,15-,16+,17-,18-,19+,20+,21+/m1/s1. The summed E-state index contributed by atoms with van der Waals surface area (Å²) in [5, 5.41) is 53.3. The highest BCUT2D eigenvalue weighted by Gasteiger charge is 2.50. The highest BCUT2D eigenvalue weighted by Crippen LogP contribution is 2.28. The first-order chi connectivity index (χ1) is 15.7. The maximum Gasteiger partial charge on any atom is 0.217 e. The van der Waals surface area contributed by atoms with Crippen LogP contribution in [0.3, 0.4) is 0 Å². The molecule has 186 valence electrons. The van der Waals surface area contributed by atoms with E-state index in [0.29, 0.717) is 0 Å². The SMILES string of the molecule is CC(=O)N[C@@H]1[C@@H](O)[C@@H](O[C@@H]2O[C@H](CO)[C@H](O)[C@H](O)[C@H]2N)[C@@H](COCc2ccccc2)O[C@@H]1O. The van der Waals surface area contributed by atoms with Crippen LogP contribution in [0.5, 0.6) is 0 Å². The van der Waals surface area contributed by atoms with Crippen molar-refractivity contribution in [2.75, 3.05) is 13.2 Å². The van der Waals surface area contributed by atoms with E-state index in [1.807, 2.05) is 30.3 Å². The van der Waals surface area contributed by atoms with Crippen LogP contribution in [0.15, 0.2) is 30.3 Å². The van der Waals surface area contributed by atoms with Gasteiger partial charge in [-0.05, 0) is 5.56 Å². The summed E-state index contributed by atoms with van der Waals surface area (Å²) in [5.74, 6) is -0.510. The van der Waals surface area contributed by atoms with Gasteiger partial charge in [0.2, 0.25) is 5.91 Å². The number of carbonyl (C=O) groups is 1. The van der Waals surface area contributed by atoms with Crippen molar-refractivity contribution in [3.63, 3.8) is 0 Å². The van der Waals surface area contributed by atoms with E-state index >= 15 is 0 Å². The summed E-state index contributed by atoms with van der Waals surface area (Å²) in [6.07, 6.45) is -10.6. The first-order valence-corrected chi connectivity index (χ1v) is 10.7.